The van der Waals surface area contributed by atoms with Crippen LogP contribution < -0.4 is 5.43 Å². The van der Waals surface area contributed by atoms with Gasteiger partial charge in [0.2, 0.25) is 0 Å². The van der Waals surface area contributed by atoms with Crippen molar-refractivity contribution in [3.05, 3.63) is 70.4 Å². The monoisotopic (exact) mass is 318 g/mol. The van der Waals surface area contributed by atoms with E-state index in [0.29, 0.717) is 22.3 Å². The maximum absolute atomic E-state index is 12.0. The van der Waals surface area contributed by atoms with Crippen LogP contribution in [-0.2, 0) is 0 Å². The number of fused-ring (bicyclic) bond motifs is 2. The highest BCUT2D eigenvalue weighted by Gasteiger charge is 2.19. The maximum atomic E-state index is 12.0. The number of aromatic hydroxyl groups is 2. The van der Waals surface area contributed by atoms with Crippen molar-refractivity contribution in [1.82, 2.24) is 0 Å². The van der Waals surface area contributed by atoms with E-state index in [-0.39, 0.29) is 16.9 Å². The third-order valence-corrected chi connectivity index (χ3v) is 4.17. The van der Waals surface area contributed by atoms with Crippen molar-refractivity contribution < 1.29 is 14.6 Å². The lowest BCUT2D eigenvalue weighted by Crippen LogP contribution is -2.05. The molecule has 0 amide bonds. The Kier molecular flexibility index (Phi) is 3.06. The molecule has 4 nitrogen and oxygen atoms in total. The first-order valence-corrected chi connectivity index (χ1v) is 7.53. The largest absolute Gasteiger partial charge is 0.504 e. The summed E-state index contributed by atoms with van der Waals surface area (Å²) in [6, 6.07) is 15.8. The van der Waals surface area contributed by atoms with Gasteiger partial charge in [0.1, 0.15) is 11.3 Å². The maximum Gasteiger partial charge on any atom is 0.185 e. The molecule has 4 heteroatoms. The number of rotatable bonds is 1. The molecule has 0 fully saturated rings. The van der Waals surface area contributed by atoms with E-state index in [1.54, 1.807) is 13.0 Å². The van der Waals surface area contributed by atoms with Gasteiger partial charge in [-0.2, -0.15) is 0 Å². The number of phenols is 2. The summed E-state index contributed by atoms with van der Waals surface area (Å²) in [4.78, 5) is 12.0. The van der Waals surface area contributed by atoms with Crippen LogP contribution in [-0.4, -0.2) is 10.2 Å². The molecule has 118 valence electrons. The van der Waals surface area contributed by atoms with Gasteiger partial charge in [-0.25, -0.2) is 0 Å². The van der Waals surface area contributed by atoms with Crippen molar-refractivity contribution in [1.29, 1.82) is 0 Å². The van der Waals surface area contributed by atoms with E-state index in [9.17, 15) is 15.0 Å². The molecule has 0 bridgehead atoms. The summed E-state index contributed by atoms with van der Waals surface area (Å²) >= 11 is 0. The lowest BCUT2D eigenvalue weighted by molar-refractivity contribution is 0.404. The summed E-state index contributed by atoms with van der Waals surface area (Å²) in [5.74, 6) is -0.0347. The van der Waals surface area contributed by atoms with E-state index in [2.05, 4.69) is 0 Å². The number of hydrogen-bond donors (Lipinski definition) is 2. The van der Waals surface area contributed by atoms with Gasteiger partial charge in [0.05, 0.1) is 0 Å². The smallest absolute Gasteiger partial charge is 0.185 e. The van der Waals surface area contributed by atoms with Crippen LogP contribution in [0, 0.1) is 6.92 Å². The van der Waals surface area contributed by atoms with Gasteiger partial charge in [-0.15, -0.1) is 0 Å². The molecule has 0 aromatic heterocycles. The minimum absolute atomic E-state index is 0.104. The number of hydrogen-bond acceptors (Lipinski definition) is 4. The fourth-order valence-corrected chi connectivity index (χ4v) is 2.97. The molecule has 0 atom stereocenters. The van der Waals surface area contributed by atoms with Crippen LogP contribution in [0.2, 0.25) is 0 Å². The Morgan fingerprint density at radius 3 is 2.38 bits per heavy atom. The molecule has 2 N–H and O–H groups in total. The third kappa shape index (κ3) is 2.12. The Morgan fingerprint density at radius 1 is 0.917 bits per heavy atom. The lowest BCUT2D eigenvalue weighted by atomic mass is 9.92. The fourth-order valence-electron chi connectivity index (χ4n) is 2.97. The molecule has 1 heterocycles. The van der Waals surface area contributed by atoms with Gasteiger partial charge >= 0.3 is 0 Å². The summed E-state index contributed by atoms with van der Waals surface area (Å²) in [5.41, 5.74) is 3.50. The Morgan fingerprint density at radius 2 is 1.62 bits per heavy atom. The average Bonchev–Trinajstić information content (AvgIpc) is 2.57. The molecule has 2 aromatic carbocycles. The topological polar surface area (TPSA) is 70.7 Å². The van der Waals surface area contributed by atoms with Crippen LogP contribution in [0.1, 0.15) is 5.56 Å². The molecule has 0 saturated carbocycles. The van der Waals surface area contributed by atoms with E-state index in [1.165, 1.54) is 18.2 Å². The predicted molar refractivity (Wildman–Crippen MR) is 92.6 cm³/mol. The zero-order chi connectivity index (χ0) is 16.8. The molecular weight excluding hydrogens is 304 g/mol. The summed E-state index contributed by atoms with van der Waals surface area (Å²) in [6.07, 6.45) is 0. The van der Waals surface area contributed by atoms with E-state index in [1.807, 2.05) is 30.3 Å². The predicted octanol–water partition coefficient (Wildman–Crippen LogP) is 4.28. The van der Waals surface area contributed by atoms with Crippen LogP contribution in [0.15, 0.2) is 63.8 Å². The molecule has 4 rings (SSSR count). The minimum atomic E-state index is -0.265. The number of phenolic OH excluding ortho intramolecular Hbond substituents is 2. The number of benzene rings is 3. The Balaban J connectivity index is 2.25. The molecule has 0 unspecified atom stereocenters. The van der Waals surface area contributed by atoms with Crippen LogP contribution in [0.3, 0.4) is 0 Å². The molecule has 24 heavy (non-hydrogen) atoms. The molecular formula is C20H14O4. The zero-order valence-electron chi connectivity index (χ0n) is 12.9. The molecule has 2 aliphatic rings. The quantitative estimate of drug-likeness (QED) is 0.406. The second kappa shape index (κ2) is 5.13. The second-order valence-corrected chi connectivity index (χ2v) is 5.79. The normalized spacial score (nSPS) is 11.2. The van der Waals surface area contributed by atoms with Gasteiger partial charge in [-0.05, 0) is 30.2 Å². The van der Waals surface area contributed by atoms with Crippen molar-refractivity contribution >= 4 is 11.0 Å². The Hall–Kier alpha value is -3.27. The number of aryl methyl sites for hydroxylation is 1. The van der Waals surface area contributed by atoms with Crippen LogP contribution >= 0.6 is 0 Å². The van der Waals surface area contributed by atoms with Crippen molar-refractivity contribution in [3.63, 3.8) is 0 Å². The second-order valence-electron chi connectivity index (χ2n) is 5.79. The summed E-state index contributed by atoms with van der Waals surface area (Å²) in [5, 5.41) is 20.4. The van der Waals surface area contributed by atoms with Crippen molar-refractivity contribution in [3.8, 4) is 33.9 Å². The van der Waals surface area contributed by atoms with Gasteiger partial charge in [0.15, 0.2) is 16.9 Å². The summed E-state index contributed by atoms with van der Waals surface area (Å²) < 4.78 is 5.81. The van der Waals surface area contributed by atoms with Gasteiger partial charge in [-0.1, -0.05) is 30.3 Å². The summed E-state index contributed by atoms with van der Waals surface area (Å²) in [7, 11) is 0. The van der Waals surface area contributed by atoms with Crippen molar-refractivity contribution in [2.45, 2.75) is 6.92 Å². The first-order chi connectivity index (χ1) is 11.5. The van der Waals surface area contributed by atoms with E-state index < -0.39 is 0 Å². The molecule has 0 saturated heterocycles. The molecule has 1 aliphatic heterocycles. The highest BCUT2D eigenvalue weighted by Crippen LogP contribution is 2.43. The standard InChI is InChI=1S/C20H14O4/c1-11-7-13-18(9-15(11)21)24-19-10-17(23)16(22)8-14(19)20(13)12-5-3-2-4-6-12/h2-10,22-23H,1H3. The zero-order valence-corrected chi connectivity index (χ0v) is 12.9. The third-order valence-electron chi connectivity index (χ3n) is 4.17. The first-order valence-electron chi connectivity index (χ1n) is 7.53. The fraction of sp³-hybridized carbons (Fsp3) is 0.0500. The highest BCUT2D eigenvalue weighted by molar-refractivity contribution is 6.02. The van der Waals surface area contributed by atoms with Crippen LogP contribution in [0.4, 0.5) is 0 Å². The van der Waals surface area contributed by atoms with E-state index in [4.69, 9.17) is 4.42 Å². The van der Waals surface area contributed by atoms with E-state index in [0.717, 1.165) is 16.7 Å². The first kappa shape index (κ1) is 14.3. The molecule has 1 aliphatic carbocycles. The average molecular weight is 318 g/mol. The van der Waals surface area contributed by atoms with Crippen LogP contribution in [0.25, 0.3) is 33.4 Å². The highest BCUT2D eigenvalue weighted by atomic mass is 16.3. The summed E-state index contributed by atoms with van der Waals surface area (Å²) in [6.45, 7) is 1.76. The van der Waals surface area contributed by atoms with Gasteiger partial charge in [0.25, 0.3) is 0 Å². The Bertz CT molecular complexity index is 1090. The minimum Gasteiger partial charge on any atom is -0.504 e. The molecule has 2 aromatic rings. The van der Waals surface area contributed by atoms with Crippen molar-refractivity contribution in [2.24, 2.45) is 0 Å². The van der Waals surface area contributed by atoms with Crippen LogP contribution in [0.5, 0.6) is 11.5 Å². The van der Waals surface area contributed by atoms with Crippen molar-refractivity contribution in [2.75, 3.05) is 0 Å². The Labute approximate surface area is 137 Å². The van der Waals surface area contributed by atoms with Gasteiger partial charge < -0.3 is 14.6 Å². The van der Waals surface area contributed by atoms with Gasteiger partial charge in [0, 0.05) is 28.6 Å². The molecule has 0 radical (unpaired) electrons. The lowest BCUT2D eigenvalue weighted by Gasteiger charge is -2.16. The van der Waals surface area contributed by atoms with Gasteiger partial charge in [-0.3, -0.25) is 4.79 Å². The van der Waals surface area contributed by atoms with E-state index >= 15 is 0 Å². The SMILES string of the molecule is Cc1cc2c(-c3ccccc3)c3cc(O)c(O)cc3oc-2cc1=O. The molecule has 0 spiro atoms.